The van der Waals surface area contributed by atoms with Gasteiger partial charge in [-0.15, -0.1) is 11.8 Å². The lowest BCUT2D eigenvalue weighted by Gasteiger charge is -2.33. The molecule has 0 aromatic heterocycles. The highest BCUT2D eigenvalue weighted by atomic mass is 32.2. The minimum absolute atomic E-state index is 0.243. The Morgan fingerprint density at radius 3 is 2.81 bits per heavy atom. The van der Waals surface area contributed by atoms with E-state index in [1.54, 1.807) is 19.2 Å². The summed E-state index contributed by atoms with van der Waals surface area (Å²) < 4.78 is 26.1. The lowest BCUT2D eigenvalue weighted by Crippen LogP contribution is -2.37. The molecule has 0 unspecified atom stereocenters. The summed E-state index contributed by atoms with van der Waals surface area (Å²) in [6.45, 7) is 2.31. The predicted molar refractivity (Wildman–Crippen MR) is 110 cm³/mol. The zero-order valence-electron chi connectivity index (χ0n) is 15.4. The number of cyclic esters (lactones) is 1. The quantitative estimate of drug-likeness (QED) is 0.745. The molecule has 1 N–H and O–H groups in total. The van der Waals surface area contributed by atoms with Crippen LogP contribution in [0.2, 0.25) is 0 Å². The molecule has 1 atom stereocenters. The summed E-state index contributed by atoms with van der Waals surface area (Å²) in [5, 5.41) is 3.04. The maximum Gasteiger partial charge on any atom is 0.414 e. The molecule has 2 fully saturated rings. The number of rotatable bonds is 5. The number of benzene rings is 1. The smallest absolute Gasteiger partial charge is 0.414 e. The van der Waals surface area contributed by atoms with Crippen LogP contribution in [-0.4, -0.2) is 62.2 Å². The van der Waals surface area contributed by atoms with Crippen molar-refractivity contribution < 1.29 is 18.7 Å². The number of carbonyl (C=O) groups excluding carboxylic acids is 1. The Hall–Kier alpha value is -1.58. The molecule has 0 radical (unpaired) electrons. The van der Waals surface area contributed by atoms with Gasteiger partial charge in [0.15, 0.2) is 0 Å². The van der Waals surface area contributed by atoms with Crippen molar-refractivity contribution in [1.29, 1.82) is 0 Å². The van der Waals surface area contributed by atoms with Crippen molar-refractivity contribution in [2.45, 2.75) is 25.0 Å². The first-order valence-electron chi connectivity index (χ1n) is 8.89. The van der Waals surface area contributed by atoms with E-state index in [2.05, 4.69) is 5.32 Å². The van der Waals surface area contributed by atoms with E-state index in [1.165, 1.54) is 22.7 Å². The summed E-state index contributed by atoms with van der Waals surface area (Å²) >= 11 is 6.52. The number of thiocarbonyl (C=S) groups is 1. The summed E-state index contributed by atoms with van der Waals surface area (Å²) in [4.78, 5) is 15.6. The van der Waals surface area contributed by atoms with Gasteiger partial charge in [0.2, 0.25) is 0 Å². The maximum atomic E-state index is 14.7. The van der Waals surface area contributed by atoms with E-state index in [1.807, 2.05) is 11.2 Å². The predicted octanol–water partition coefficient (Wildman–Crippen LogP) is 3.00. The lowest BCUT2D eigenvalue weighted by molar-refractivity contribution is 0.0818. The molecule has 2 heterocycles. The zero-order chi connectivity index (χ0) is 19.4. The Morgan fingerprint density at radius 2 is 2.19 bits per heavy atom. The molecule has 6 nitrogen and oxygen atoms in total. The Kier molecular flexibility index (Phi) is 6.78. The Labute approximate surface area is 168 Å². The molecular formula is C18H24FN3O3S2. The van der Waals surface area contributed by atoms with Crippen LogP contribution in [0.5, 0.6) is 0 Å². The molecule has 148 valence electrons. The van der Waals surface area contributed by atoms with Crippen LogP contribution in [-0.2, 0) is 9.47 Å². The molecule has 1 aromatic carbocycles. The fourth-order valence-corrected chi connectivity index (χ4v) is 3.67. The molecule has 0 bridgehead atoms. The van der Waals surface area contributed by atoms with E-state index in [4.69, 9.17) is 21.7 Å². The number of halogens is 1. The minimum atomic E-state index is -0.468. The van der Waals surface area contributed by atoms with Crippen molar-refractivity contribution >= 4 is 45.8 Å². The van der Waals surface area contributed by atoms with E-state index >= 15 is 0 Å². The van der Waals surface area contributed by atoms with Crippen LogP contribution >= 0.6 is 24.0 Å². The van der Waals surface area contributed by atoms with Crippen molar-refractivity contribution in [3.8, 4) is 0 Å². The number of thioether (sulfide) groups is 1. The van der Waals surface area contributed by atoms with Crippen LogP contribution in [0.4, 0.5) is 20.6 Å². The van der Waals surface area contributed by atoms with Crippen molar-refractivity contribution in [3.63, 3.8) is 0 Å². The van der Waals surface area contributed by atoms with E-state index in [-0.39, 0.29) is 18.0 Å². The molecule has 3 rings (SSSR count). The van der Waals surface area contributed by atoms with Gasteiger partial charge in [0, 0.05) is 20.2 Å². The number of amides is 1. The van der Waals surface area contributed by atoms with Crippen molar-refractivity contribution in [1.82, 2.24) is 5.32 Å². The topological polar surface area (TPSA) is 54.0 Å². The highest BCUT2D eigenvalue weighted by molar-refractivity contribution is 8.22. The lowest BCUT2D eigenvalue weighted by atomic mass is 10.1. The molecule has 9 heteroatoms. The number of ether oxygens (including phenoxy) is 2. The zero-order valence-corrected chi connectivity index (χ0v) is 17.1. The van der Waals surface area contributed by atoms with Gasteiger partial charge in [-0.1, -0.05) is 12.2 Å². The highest BCUT2D eigenvalue weighted by Crippen LogP contribution is 2.29. The summed E-state index contributed by atoms with van der Waals surface area (Å²) in [6.07, 6.45) is 3.09. The fraction of sp³-hybridized carbons (Fsp3) is 0.556. The third-order valence-electron chi connectivity index (χ3n) is 4.89. The molecule has 27 heavy (non-hydrogen) atoms. The molecule has 1 amide bonds. The van der Waals surface area contributed by atoms with Crippen molar-refractivity contribution in [2.24, 2.45) is 0 Å². The third kappa shape index (κ3) is 4.83. The number of hydrogen-bond acceptors (Lipinski definition) is 6. The van der Waals surface area contributed by atoms with Crippen LogP contribution in [0.15, 0.2) is 18.2 Å². The van der Waals surface area contributed by atoms with E-state index in [0.717, 1.165) is 25.9 Å². The number of nitrogens with one attached hydrogen (secondary N) is 1. The standard InChI is InChI=1S/C18H24FN3O3S2/c1-24-13-5-7-21(8-6-13)16-4-3-12(9-15(16)19)22-11-14(25-18(22)23)10-20-17(26)27-2/h3-4,9,13-14H,5-8,10-11H2,1-2H3,(H,20,26)/t14-/m0/s1. The van der Waals surface area contributed by atoms with Crippen molar-refractivity contribution in [2.75, 3.05) is 49.3 Å². The average Bonchev–Trinajstić information content (AvgIpc) is 3.06. The molecule has 1 aromatic rings. The Balaban J connectivity index is 1.63. The average molecular weight is 414 g/mol. The molecule has 2 aliphatic rings. The van der Waals surface area contributed by atoms with Gasteiger partial charge in [0.25, 0.3) is 0 Å². The van der Waals surface area contributed by atoms with Crippen LogP contribution in [0, 0.1) is 5.82 Å². The molecule has 2 saturated heterocycles. The normalized spacial score (nSPS) is 20.7. The summed E-state index contributed by atoms with van der Waals surface area (Å²) in [7, 11) is 1.71. The first-order valence-corrected chi connectivity index (χ1v) is 10.5. The second-order valence-corrected chi connectivity index (χ2v) is 8.03. The number of carbonyl (C=O) groups is 1. The Bertz CT molecular complexity index is 698. The van der Waals surface area contributed by atoms with E-state index in [0.29, 0.717) is 28.8 Å². The first kappa shape index (κ1) is 20.2. The highest BCUT2D eigenvalue weighted by Gasteiger charge is 2.33. The van der Waals surface area contributed by atoms with Gasteiger partial charge in [0.1, 0.15) is 16.2 Å². The van der Waals surface area contributed by atoms with E-state index < -0.39 is 6.09 Å². The Morgan fingerprint density at radius 1 is 1.44 bits per heavy atom. The van der Waals surface area contributed by atoms with Gasteiger partial charge >= 0.3 is 6.09 Å². The second kappa shape index (κ2) is 9.07. The fourth-order valence-electron chi connectivity index (χ4n) is 3.36. The van der Waals surface area contributed by atoms with Crippen LogP contribution in [0.1, 0.15) is 12.8 Å². The monoisotopic (exact) mass is 413 g/mol. The number of methoxy groups -OCH3 is 1. The van der Waals surface area contributed by atoms with Crippen LogP contribution in [0.25, 0.3) is 0 Å². The second-order valence-electron chi connectivity index (χ2n) is 6.55. The summed E-state index contributed by atoms with van der Waals surface area (Å²) in [5.74, 6) is -0.332. The van der Waals surface area contributed by atoms with E-state index in [9.17, 15) is 9.18 Å². The number of nitrogens with zero attached hydrogens (tertiary/aromatic N) is 2. The minimum Gasteiger partial charge on any atom is -0.442 e. The third-order valence-corrected chi connectivity index (χ3v) is 6.05. The summed E-state index contributed by atoms with van der Waals surface area (Å²) in [5.41, 5.74) is 1.06. The number of piperidine rings is 1. The van der Waals surface area contributed by atoms with Crippen LogP contribution in [0.3, 0.4) is 0 Å². The van der Waals surface area contributed by atoms with Gasteiger partial charge in [-0.2, -0.15) is 0 Å². The molecule has 0 spiro atoms. The molecular weight excluding hydrogens is 389 g/mol. The summed E-state index contributed by atoms with van der Waals surface area (Å²) in [6, 6.07) is 4.91. The SMILES string of the molecule is COC1CCN(c2ccc(N3C[C@H](CNC(=S)SC)OC3=O)cc2F)CC1. The van der Waals surface area contributed by atoms with Gasteiger partial charge in [-0.3, -0.25) is 4.90 Å². The van der Waals surface area contributed by atoms with Gasteiger partial charge in [0.05, 0.1) is 30.6 Å². The van der Waals surface area contributed by atoms with Crippen LogP contribution < -0.4 is 15.1 Å². The van der Waals surface area contributed by atoms with Gasteiger partial charge in [-0.25, -0.2) is 9.18 Å². The number of anilines is 2. The van der Waals surface area contributed by atoms with Crippen molar-refractivity contribution in [3.05, 3.63) is 24.0 Å². The van der Waals surface area contributed by atoms with Gasteiger partial charge < -0.3 is 19.7 Å². The largest absolute Gasteiger partial charge is 0.442 e. The molecule has 2 aliphatic heterocycles. The maximum absolute atomic E-state index is 14.7. The molecule has 0 aliphatic carbocycles. The molecule has 0 saturated carbocycles. The number of hydrogen-bond donors (Lipinski definition) is 1. The van der Waals surface area contributed by atoms with Gasteiger partial charge in [-0.05, 0) is 37.3 Å². The first-order chi connectivity index (χ1) is 13.0.